The summed E-state index contributed by atoms with van der Waals surface area (Å²) in [4.78, 5) is 11.1. The van der Waals surface area contributed by atoms with Crippen LogP contribution in [0.1, 0.15) is 18.4 Å². The number of hydrogen-bond acceptors (Lipinski definition) is 2. The third-order valence-corrected chi connectivity index (χ3v) is 3.67. The number of ether oxygens (including phenoxy) is 1. The molecule has 0 unspecified atom stereocenters. The Morgan fingerprint density at radius 3 is 2.69 bits per heavy atom. The molecule has 0 aromatic heterocycles. The Morgan fingerprint density at radius 2 is 2.06 bits per heavy atom. The fraction of sp³-hybridized carbons (Fsp3) is 0.462. The van der Waals surface area contributed by atoms with Crippen molar-refractivity contribution in [1.29, 1.82) is 0 Å². The molecule has 3 heteroatoms. The number of halogens is 1. The van der Waals surface area contributed by atoms with E-state index in [1.165, 1.54) is 12.7 Å². The van der Waals surface area contributed by atoms with E-state index >= 15 is 0 Å². The summed E-state index contributed by atoms with van der Waals surface area (Å²) >= 11 is 3.42. The topological polar surface area (TPSA) is 26.3 Å². The van der Waals surface area contributed by atoms with Crippen molar-refractivity contribution in [3.8, 4) is 0 Å². The van der Waals surface area contributed by atoms with Gasteiger partial charge in [0.05, 0.1) is 7.11 Å². The molecule has 0 aliphatic heterocycles. The lowest BCUT2D eigenvalue weighted by Gasteiger charge is -2.01. The first kappa shape index (κ1) is 11.6. The van der Waals surface area contributed by atoms with E-state index in [2.05, 4.69) is 44.9 Å². The van der Waals surface area contributed by atoms with Crippen LogP contribution in [0.3, 0.4) is 0 Å². The van der Waals surface area contributed by atoms with Crippen LogP contribution in [0.15, 0.2) is 28.7 Å². The Hall–Kier alpha value is -0.830. The predicted molar refractivity (Wildman–Crippen MR) is 66.1 cm³/mol. The second-order valence-corrected chi connectivity index (χ2v) is 5.28. The molecule has 0 radical (unpaired) electrons. The van der Waals surface area contributed by atoms with Gasteiger partial charge in [-0.15, -0.1) is 0 Å². The molecule has 1 aliphatic carbocycles. The van der Waals surface area contributed by atoms with Crippen LogP contribution in [-0.4, -0.2) is 13.1 Å². The van der Waals surface area contributed by atoms with Gasteiger partial charge in [0.15, 0.2) is 0 Å². The van der Waals surface area contributed by atoms with Crippen molar-refractivity contribution in [2.75, 3.05) is 7.11 Å². The lowest BCUT2D eigenvalue weighted by Crippen LogP contribution is -2.02. The van der Waals surface area contributed by atoms with Gasteiger partial charge in [0, 0.05) is 10.9 Å². The molecular weight excluding hydrogens is 268 g/mol. The van der Waals surface area contributed by atoms with Crippen LogP contribution in [0.25, 0.3) is 0 Å². The number of rotatable bonds is 4. The molecule has 1 saturated carbocycles. The van der Waals surface area contributed by atoms with Crippen LogP contribution < -0.4 is 0 Å². The molecule has 1 aromatic carbocycles. The summed E-state index contributed by atoms with van der Waals surface area (Å²) in [7, 11) is 1.45. The van der Waals surface area contributed by atoms with E-state index < -0.39 is 0 Å². The first-order chi connectivity index (χ1) is 7.69. The van der Waals surface area contributed by atoms with Crippen molar-refractivity contribution >= 4 is 21.9 Å². The van der Waals surface area contributed by atoms with E-state index in [4.69, 9.17) is 0 Å². The number of esters is 1. The van der Waals surface area contributed by atoms with Gasteiger partial charge in [-0.3, -0.25) is 4.79 Å². The molecule has 2 nitrogen and oxygen atoms in total. The third-order valence-electron chi connectivity index (χ3n) is 3.14. The summed E-state index contributed by atoms with van der Waals surface area (Å²) in [6, 6.07) is 8.40. The predicted octanol–water partition coefficient (Wildman–Crippen LogP) is 3.19. The quantitative estimate of drug-likeness (QED) is 0.793. The molecule has 16 heavy (non-hydrogen) atoms. The maximum atomic E-state index is 11.1. The summed E-state index contributed by atoms with van der Waals surface area (Å²) in [6.45, 7) is 0. The minimum Gasteiger partial charge on any atom is -0.469 e. The molecule has 1 fully saturated rings. The molecule has 2 atom stereocenters. The Balaban J connectivity index is 1.80. The lowest BCUT2D eigenvalue weighted by atomic mass is 10.1. The molecule has 1 aliphatic rings. The Morgan fingerprint density at radius 1 is 1.38 bits per heavy atom. The number of hydrogen-bond donors (Lipinski definition) is 0. The van der Waals surface area contributed by atoms with E-state index in [0.717, 1.165) is 17.3 Å². The van der Waals surface area contributed by atoms with E-state index in [1.54, 1.807) is 0 Å². The molecular formula is C13H15BrO2. The van der Waals surface area contributed by atoms with Gasteiger partial charge in [0.1, 0.15) is 0 Å². The summed E-state index contributed by atoms with van der Waals surface area (Å²) in [5, 5.41) is 0. The van der Waals surface area contributed by atoms with Crippen molar-refractivity contribution in [2.24, 2.45) is 11.8 Å². The SMILES string of the molecule is COC(=O)C[C@@H]1C[C@H]1Cc1ccc(Br)cc1. The summed E-state index contributed by atoms with van der Waals surface area (Å²) < 4.78 is 5.78. The number of carbonyl (C=O) groups is 1. The monoisotopic (exact) mass is 282 g/mol. The van der Waals surface area contributed by atoms with Gasteiger partial charge in [0.2, 0.25) is 0 Å². The van der Waals surface area contributed by atoms with Crippen LogP contribution in [-0.2, 0) is 16.0 Å². The van der Waals surface area contributed by atoms with E-state index in [9.17, 15) is 4.79 Å². The highest BCUT2D eigenvalue weighted by molar-refractivity contribution is 9.10. The number of benzene rings is 1. The summed E-state index contributed by atoms with van der Waals surface area (Å²) in [5.41, 5.74) is 1.35. The van der Waals surface area contributed by atoms with Gasteiger partial charge < -0.3 is 4.74 Å². The standard InChI is InChI=1S/C13H15BrO2/c1-16-13(15)8-11-7-10(11)6-9-2-4-12(14)5-3-9/h2-5,10-11H,6-8H2,1H3/t10-,11+/m1/s1. The van der Waals surface area contributed by atoms with Crippen LogP contribution in [0, 0.1) is 11.8 Å². The lowest BCUT2D eigenvalue weighted by molar-refractivity contribution is -0.141. The van der Waals surface area contributed by atoms with E-state index in [1.807, 2.05) is 0 Å². The second kappa shape index (κ2) is 5.00. The first-order valence-electron chi connectivity index (χ1n) is 5.50. The van der Waals surface area contributed by atoms with Crippen LogP contribution in [0.5, 0.6) is 0 Å². The fourth-order valence-electron chi connectivity index (χ4n) is 2.03. The zero-order chi connectivity index (χ0) is 11.5. The molecule has 0 bridgehead atoms. The minimum absolute atomic E-state index is 0.0803. The average Bonchev–Trinajstić information content (AvgIpc) is 3.00. The molecule has 2 rings (SSSR count). The molecule has 0 amide bonds. The van der Waals surface area contributed by atoms with E-state index in [0.29, 0.717) is 18.3 Å². The highest BCUT2D eigenvalue weighted by Gasteiger charge is 2.38. The van der Waals surface area contributed by atoms with Crippen molar-refractivity contribution in [2.45, 2.75) is 19.3 Å². The zero-order valence-corrected chi connectivity index (χ0v) is 10.9. The van der Waals surface area contributed by atoms with Gasteiger partial charge in [-0.2, -0.15) is 0 Å². The molecule has 86 valence electrons. The van der Waals surface area contributed by atoms with Crippen LogP contribution in [0.2, 0.25) is 0 Å². The average molecular weight is 283 g/mol. The number of carbonyl (C=O) groups excluding carboxylic acids is 1. The first-order valence-corrected chi connectivity index (χ1v) is 6.29. The second-order valence-electron chi connectivity index (χ2n) is 4.37. The highest BCUT2D eigenvalue weighted by Crippen LogP contribution is 2.43. The Bertz CT molecular complexity index is 372. The van der Waals surface area contributed by atoms with Crippen molar-refractivity contribution in [3.63, 3.8) is 0 Å². The number of methoxy groups -OCH3 is 1. The summed E-state index contributed by atoms with van der Waals surface area (Å²) in [6.07, 6.45) is 2.82. The fourth-order valence-corrected chi connectivity index (χ4v) is 2.30. The van der Waals surface area contributed by atoms with E-state index in [-0.39, 0.29) is 5.97 Å². The maximum Gasteiger partial charge on any atom is 0.305 e. The normalized spacial score (nSPS) is 22.9. The highest BCUT2D eigenvalue weighted by atomic mass is 79.9. The van der Waals surface area contributed by atoms with Crippen LogP contribution >= 0.6 is 15.9 Å². The molecule has 0 heterocycles. The molecule has 1 aromatic rings. The minimum atomic E-state index is -0.0803. The van der Waals surface area contributed by atoms with Gasteiger partial charge >= 0.3 is 5.97 Å². The zero-order valence-electron chi connectivity index (χ0n) is 9.28. The van der Waals surface area contributed by atoms with Crippen molar-refractivity contribution in [3.05, 3.63) is 34.3 Å². The van der Waals surface area contributed by atoms with Gasteiger partial charge in [0.25, 0.3) is 0 Å². The van der Waals surface area contributed by atoms with Crippen LogP contribution in [0.4, 0.5) is 0 Å². The van der Waals surface area contributed by atoms with Crippen molar-refractivity contribution < 1.29 is 9.53 Å². The maximum absolute atomic E-state index is 11.1. The molecule has 0 spiro atoms. The smallest absolute Gasteiger partial charge is 0.305 e. The largest absolute Gasteiger partial charge is 0.469 e. The summed E-state index contributed by atoms with van der Waals surface area (Å²) in [5.74, 6) is 1.12. The Labute approximate surface area is 104 Å². The molecule has 0 saturated heterocycles. The van der Waals surface area contributed by atoms with Gasteiger partial charge in [-0.1, -0.05) is 28.1 Å². The molecule has 0 N–H and O–H groups in total. The van der Waals surface area contributed by atoms with Gasteiger partial charge in [-0.05, 0) is 42.4 Å². The Kier molecular flexibility index (Phi) is 3.64. The van der Waals surface area contributed by atoms with Crippen molar-refractivity contribution in [1.82, 2.24) is 0 Å². The third kappa shape index (κ3) is 3.08. The van der Waals surface area contributed by atoms with Gasteiger partial charge in [-0.25, -0.2) is 0 Å².